The van der Waals surface area contributed by atoms with Crippen molar-refractivity contribution in [3.63, 3.8) is 0 Å². The molecule has 0 saturated carbocycles. The van der Waals surface area contributed by atoms with E-state index in [0.717, 1.165) is 44.7 Å². The lowest BCUT2D eigenvalue weighted by Gasteiger charge is -2.11. The molecule has 0 aliphatic heterocycles. The number of rotatable bonds is 3. The van der Waals surface area contributed by atoms with Gasteiger partial charge in [-0.05, 0) is 23.8 Å². The van der Waals surface area contributed by atoms with Gasteiger partial charge in [-0.2, -0.15) is 5.10 Å². The van der Waals surface area contributed by atoms with Crippen LogP contribution in [-0.2, 0) is 0 Å². The fourth-order valence-corrected chi connectivity index (χ4v) is 3.26. The van der Waals surface area contributed by atoms with E-state index in [1.165, 1.54) is 0 Å². The first-order valence-electron chi connectivity index (χ1n) is 8.80. The van der Waals surface area contributed by atoms with E-state index >= 15 is 0 Å². The Hall–Kier alpha value is -3.79. The number of fused-ring (bicyclic) bond motifs is 1. The van der Waals surface area contributed by atoms with Crippen molar-refractivity contribution in [1.29, 1.82) is 0 Å². The molecule has 5 rings (SSSR count). The van der Waals surface area contributed by atoms with E-state index in [1.54, 1.807) is 6.20 Å². The topological polar surface area (TPSA) is 54.5 Å². The van der Waals surface area contributed by atoms with Crippen LogP contribution in [0.4, 0.5) is 0 Å². The lowest BCUT2D eigenvalue weighted by molar-refractivity contribution is 1.09. The molecule has 1 N–H and O–H groups in total. The molecular formula is C23H16N4. The number of hydrogen-bond donors (Lipinski definition) is 1. The summed E-state index contributed by atoms with van der Waals surface area (Å²) in [6, 6.07) is 26.7. The van der Waals surface area contributed by atoms with Crippen LogP contribution in [-0.4, -0.2) is 20.2 Å². The normalized spacial score (nSPS) is 11.0. The number of pyridine rings is 2. The number of aromatic nitrogens is 4. The summed E-state index contributed by atoms with van der Waals surface area (Å²) >= 11 is 0. The first kappa shape index (κ1) is 15.5. The van der Waals surface area contributed by atoms with Gasteiger partial charge in [0.25, 0.3) is 0 Å². The highest BCUT2D eigenvalue weighted by atomic mass is 15.1. The van der Waals surface area contributed by atoms with Crippen LogP contribution in [0.3, 0.4) is 0 Å². The van der Waals surface area contributed by atoms with E-state index in [1.807, 2.05) is 54.7 Å². The van der Waals surface area contributed by atoms with Crippen molar-refractivity contribution >= 4 is 11.0 Å². The average Bonchev–Trinajstić information content (AvgIpc) is 3.29. The molecule has 3 heterocycles. The molecule has 27 heavy (non-hydrogen) atoms. The summed E-state index contributed by atoms with van der Waals surface area (Å²) in [5, 5.41) is 6.86. The zero-order valence-electron chi connectivity index (χ0n) is 14.5. The predicted octanol–water partition coefficient (Wildman–Crippen LogP) is 5.35. The molecule has 4 nitrogen and oxygen atoms in total. The molecule has 5 aromatic rings. The number of benzene rings is 2. The summed E-state index contributed by atoms with van der Waals surface area (Å²) in [5.41, 5.74) is 7.85. The Kier molecular flexibility index (Phi) is 3.72. The number of nitrogens with zero attached hydrogens (tertiary/aromatic N) is 3. The summed E-state index contributed by atoms with van der Waals surface area (Å²) in [6.45, 7) is 0. The van der Waals surface area contributed by atoms with Gasteiger partial charge < -0.3 is 0 Å². The van der Waals surface area contributed by atoms with Crippen molar-refractivity contribution in [2.45, 2.75) is 0 Å². The molecule has 0 radical (unpaired) electrons. The van der Waals surface area contributed by atoms with Gasteiger partial charge in [-0.15, -0.1) is 0 Å². The van der Waals surface area contributed by atoms with Gasteiger partial charge in [0.05, 0.1) is 28.6 Å². The molecule has 0 aliphatic rings. The van der Waals surface area contributed by atoms with Crippen LogP contribution in [0, 0.1) is 0 Å². The minimum absolute atomic E-state index is 0.868. The number of aromatic amines is 1. The molecule has 0 atom stereocenters. The van der Waals surface area contributed by atoms with E-state index in [0.29, 0.717) is 0 Å². The predicted molar refractivity (Wildman–Crippen MR) is 108 cm³/mol. The van der Waals surface area contributed by atoms with Gasteiger partial charge in [0, 0.05) is 22.9 Å². The highest BCUT2D eigenvalue weighted by Gasteiger charge is 2.12. The van der Waals surface area contributed by atoms with Crippen LogP contribution in [0.25, 0.3) is 44.7 Å². The van der Waals surface area contributed by atoms with E-state index in [-0.39, 0.29) is 0 Å². The van der Waals surface area contributed by atoms with Crippen LogP contribution in [0.2, 0.25) is 0 Å². The maximum Gasteiger partial charge on any atom is 0.0900 e. The van der Waals surface area contributed by atoms with Crippen molar-refractivity contribution in [2.24, 2.45) is 0 Å². The van der Waals surface area contributed by atoms with Crippen molar-refractivity contribution in [2.75, 3.05) is 0 Å². The number of nitrogens with one attached hydrogen (secondary N) is 1. The third kappa shape index (κ3) is 2.87. The highest BCUT2D eigenvalue weighted by Crippen LogP contribution is 2.33. The van der Waals surface area contributed by atoms with Crippen LogP contribution >= 0.6 is 0 Å². The van der Waals surface area contributed by atoms with E-state index in [4.69, 9.17) is 9.97 Å². The number of H-pyrrole nitrogens is 1. The lowest BCUT2D eigenvalue weighted by atomic mass is 9.98. The zero-order chi connectivity index (χ0) is 18.1. The Bertz CT molecular complexity index is 1200. The number of hydrogen-bond acceptors (Lipinski definition) is 3. The van der Waals surface area contributed by atoms with E-state index in [9.17, 15) is 0 Å². The molecule has 0 unspecified atom stereocenters. The van der Waals surface area contributed by atoms with Gasteiger partial charge >= 0.3 is 0 Å². The summed E-state index contributed by atoms with van der Waals surface area (Å²) in [4.78, 5) is 9.77. The first-order valence-corrected chi connectivity index (χ1v) is 8.80. The largest absolute Gasteiger partial charge is 0.285 e. The Morgan fingerprint density at radius 3 is 2.07 bits per heavy atom. The first-order chi connectivity index (χ1) is 13.4. The summed E-state index contributed by atoms with van der Waals surface area (Å²) in [5.74, 6) is 0. The third-order valence-corrected chi connectivity index (χ3v) is 4.60. The van der Waals surface area contributed by atoms with Crippen molar-refractivity contribution in [1.82, 2.24) is 20.2 Å². The van der Waals surface area contributed by atoms with Gasteiger partial charge in [-0.25, -0.2) is 9.97 Å². The molecule has 0 bridgehead atoms. The second-order valence-corrected chi connectivity index (χ2v) is 6.34. The Morgan fingerprint density at radius 2 is 1.37 bits per heavy atom. The quantitative estimate of drug-likeness (QED) is 0.478. The monoisotopic (exact) mass is 348 g/mol. The molecular weight excluding hydrogens is 332 g/mol. The minimum Gasteiger partial charge on any atom is -0.285 e. The fourth-order valence-electron chi connectivity index (χ4n) is 3.26. The maximum atomic E-state index is 4.96. The van der Waals surface area contributed by atoms with E-state index in [2.05, 4.69) is 40.5 Å². The van der Waals surface area contributed by atoms with Gasteiger partial charge in [0.1, 0.15) is 0 Å². The molecule has 3 aromatic heterocycles. The fraction of sp³-hybridized carbons (Fsp3) is 0. The van der Waals surface area contributed by atoms with Crippen LogP contribution in [0.5, 0.6) is 0 Å². The average molecular weight is 348 g/mol. The Morgan fingerprint density at radius 1 is 0.630 bits per heavy atom. The van der Waals surface area contributed by atoms with Gasteiger partial charge in [0.2, 0.25) is 0 Å². The maximum absolute atomic E-state index is 4.96. The van der Waals surface area contributed by atoms with E-state index < -0.39 is 0 Å². The molecule has 0 fully saturated rings. The molecule has 0 amide bonds. The molecule has 0 aliphatic carbocycles. The van der Waals surface area contributed by atoms with Crippen LogP contribution in [0.15, 0.2) is 91.3 Å². The Labute approximate surface area is 156 Å². The lowest BCUT2D eigenvalue weighted by Crippen LogP contribution is -1.93. The van der Waals surface area contributed by atoms with Gasteiger partial charge in [-0.1, -0.05) is 60.7 Å². The smallest absolute Gasteiger partial charge is 0.0900 e. The minimum atomic E-state index is 0.868. The molecule has 0 saturated heterocycles. The summed E-state index contributed by atoms with van der Waals surface area (Å²) in [7, 11) is 0. The standard InChI is InChI=1S/C23H16N4/c1-3-7-16(8-4-1)19-13-22-21(27-23(19)17-9-5-2-6-10-17)12-11-20(26-22)18-14-24-25-15-18/h1-15H,(H,24,25). The Balaban J connectivity index is 1.77. The third-order valence-electron chi connectivity index (χ3n) is 4.60. The molecule has 0 spiro atoms. The van der Waals surface area contributed by atoms with Crippen LogP contribution in [0.1, 0.15) is 0 Å². The second kappa shape index (κ2) is 6.50. The van der Waals surface area contributed by atoms with Crippen molar-refractivity contribution in [3.8, 4) is 33.6 Å². The molecule has 4 heteroatoms. The second-order valence-electron chi connectivity index (χ2n) is 6.34. The van der Waals surface area contributed by atoms with Gasteiger partial charge in [-0.3, -0.25) is 5.10 Å². The van der Waals surface area contributed by atoms with Crippen LogP contribution < -0.4 is 0 Å². The zero-order valence-corrected chi connectivity index (χ0v) is 14.5. The summed E-state index contributed by atoms with van der Waals surface area (Å²) < 4.78 is 0. The highest BCUT2D eigenvalue weighted by molar-refractivity contribution is 5.90. The molecule has 2 aromatic carbocycles. The SMILES string of the molecule is c1ccc(-c2cc3nc(-c4cn[nH]c4)ccc3nc2-c2ccccc2)cc1. The van der Waals surface area contributed by atoms with Crippen molar-refractivity contribution < 1.29 is 0 Å². The molecule has 128 valence electrons. The summed E-state index contributed by atoms with van der Waals surface area (Å²) in [6.07, 6.45) is 3.62. The van der Waals surface area contributed by atoms with Crippen molar-refractivity contribution in [3.05, 3.63) is 91.3 Å². The van der Waals surface area contributed by atoms with Gasteiger partial charge in [0.15, 0.2) is 0 Å².